The average Bonchev–Trinajstić information content (AvgIpc) is 3.10. The molecular formula is C24H24N2O6S. The van der Waals surface area contributed by atoms with Crippen molar-refractivity contribution in [2.75, 3.05) is 13.7 Å². The van der Waals surface area contributed by atoms with Gasteiger partial charge in [-0.05, 0) is 47.7 Å². The number of rotatable bonds is 9. The van der Waals surface area contributed by atoms with E-state index in [9.17, 15) is 19.2 Å². The zero-order valence-corrected chi connectivity index (χ0v) is 19.1. The van der Waals surface area contributed by atoms with Crippen LogP contribution in [0.5, 0.6) is 11.5 Å². The van der Waals surface area contributed by atoms with Gasteiger partial charge in [0.05, 0.1) is 12.4 Å². The average molecular weight is 469 g/mol. The van der Waals surface area contributed by atoms with Crippen molar-refractivity contribution in [2.24, 2.45) is 0 Å². The predicted octanol–water partition coefficient (Wildman–Crippen LogP) is 2.89. The Labute approximate surface area is 195 Å². The van der Waals surface area contributed by atoms with Gasteiger partial charge in [0, 0.05) is 19.5 Å². The van der Waals surface area contributed by atoms with Crippen molar-refractivity contribution in [2.45, 2.75) is 25.0 Å². The molecule has 9 heteroatoms. The van der Waals surface area contributed by atoms with Gasteiger partial charge in [0.25, 0.3) is 5.24 Å². The van der Waals surface area contributed by atoms with Crippen LogP contribution in [0, 0.1) is 0 Å². The molecule has 1 aliphatic rings. The van der Waals surface area contributed by atoms with Gasteiger partial charge in [0.15, 0.2) is 11.5 Å². The third-order valence-corrected chi connectivity index (χ3v) is 5.77. The Balaban J connectivity index is 1.45. The summed E-state index contributed by atoms with van der Waals surface area (Å²) in [5, 5.41) is 4.44. The maximum absolute atomic E-state index is 12.1. The molecule has 1 atom stereocenters. The molecule has 0 bridgehead atoms. The van der Waals surface area contributed by atoms with Crippen molar-refractivity contribution in [3.63, 3.8) is 0 Å². The predicted molar refractivity (Wildman–Crippen MR) is 125 cm³/mol. The zero-order valence-electron chi connectivity index (χ0n) is 18.3. The monoisotopic (exact) mass is 468 g/mol. The summed E-state index contributed by atoms with van der Waals surface area (Å²) in [4.78, 5) is 46.2. The first-order chi connectivity index (χ1) is 15.8. The minimum absolute atomic E-state index is 0.233. The summed E-state index contributed by atoms with van der Waals surface area (Å²) in [6.45, 7) is 1.78. The molecule has 1 fully saturated rings. The summed E-state index contributed by atoms with van der Waals surface area (Å²) >= 11 is 1.02. The molecule has 0 radical (unpaired) electrons. The van der Waals surface area contributed by atoms with Crippen molar-refractivity contribution < 1.29 is 28.7 Å². The molecule has 1 aliphatic heterocycles. The Morgan fingerprint density at radius 3 is 2.45 bits per heavy atom. The lowest BCUT2D eigenvalue weighted by Crippen LogP contribution is -2.25. The molecule has 172 valence electrons. The molecule has 0 aromatic heterocycles. The van der Waals surface area contributed by atoms with Gasteiger partial charge in [0.1, 0.15) is 0 Å². The number of benzene rings is 2. The minimum Gasteiger partial charge on any atom is -0.493 e. The van der Waals surface area contributed by atoms with Gasteiger partial charge in [-0.1, -0.05) is 42.1 Å². The maximum atomic E-state index is 12.1. The summed E-state index contributed by atoms with van der Waals surface area (Å²) in [6, 6.07) is 12.8. The third-order valence-electron chi connectivity index (χ3n) is 4.79. The summed E-state index contributed by atoms with van der Waals surface area (Å²) in [5.41, 5.74) is 2.75. The first-order valence-electron chi connectivity index (χ1n) is 10.3. The van der Waals surface area contributed by atoms with E-state index in [1.807, 2.05) is 24.3 Å². The van der Waals surface area contributed by atoms with Crippen molar-refractivity contribution >= 4 is 40.9 Å². The topological polar surface area (TPSA) is 111 Å². The van der Waals surface area contributed by atoms with Crippen molar-refractivity contribution in [3.8, 4) is 11.5 Å². The molecule has 1 heterocycles. The number of hydrogen-bond acceptors (Lipinski definition) is 7. The van der Waals surface area contributed by atoms with Crippen LogP contribution < -0.4 is 20.1 Å². The molecule has 0 spiro atoms. The van der Waals surface area contributed by atoms with Crippen LogP contribution in [0.25, 0.3) is 6.08 Å². The van der Waals surface area contributed by atoms with E-state index < -0.39 is 5.97 Å². The van der Waals surface area contributed by atoms with Crippen LogP contribution >= 0.6 is 11.8 Å². The number of thioether (sulfide) groups is 1. The highest BCUT2D eigenvalue weighted by atomic mass is 32.2. The van der Waals surface area contributed by atoms with E-state index in [1.165, 1.54) is 20.1 Å². The molecule has 2 aromatic carbocycles. The highest BCUT2D eigenvalue weighted by molar-refractivity contribution is 8.15. The van der Waals surface area contributed by atoms with Crippen molar-refractivity contribution in [1.29, 1.82) is 0 Å². The fraction of sp³-hybridized carbons (Fsp3) is 0.250. The third kappa shape index (κ3) is 7.21. The van der Waals surface area contributed by atoms with Gasteiger partial charge in [-0.3, -0.25) is 24.5 Å². The Morgan fingerprint density at radius 1 is 1.09 bits per heavy atom. The first-order valence-corrected chi connectivity index (χ1v) is 11.1. The number of esters is 1. The van der Waals surface area contributed by atoms with Crippen LogP contribution in [0.1, 0.15) is 23.6 Å². The lowest BCUT2D eigenvalue weighted by atomic mass is 10.1. The number of carbonyl (C=O) groups excluding carboxylic acids is 4. The summed E-state index contributed by atoms with van der Waals surface area (Å²) in [5.74, 6) is -0.208. The number of carbonyl (C=O) groups is 4. The lowest BCUT2D eigenvalue weighted by Gasteiger charge is -2.08. The number of ether oxygens (including phenoxy) is 2. The smallest absolute Gasteiger partial charge is 0.308 e. The van der Waals surface area contributed by atoms with Crippen molar-refractivity contribution in [1.82, 2.24) is 10.6 Å². The van der Waals surface area contributed by atoms with E-state index in [2.05, 4.69) is 10.6 Å². The first kappa shape index (κ1) is 24.1. The molecule has 3 amide bonds. The van der Waals surface area contributed by atoms with Gasteiger partial charge in [0.2, 0.25) is 11.8 Å². The SMILES string of the molecule is COc1cc(C=CC(=O)NCCc2ccc(CC3SC(=O)NC3=O)cc2)ccc1OC(C)=O. The molecule has 1 saturated heterocycles. The Kier molecular flexibility index (Phi) is 8.26. The number of hydrogen-bond donors (Lipinski definition) is 2. The molecule has 3 rings (SSSR count). The van der Waals surface area contributed by atoms with E-state index in [-0.39, 0.29) is 22.3 Å². The highest BCUT2D eigenvalue weighted by Gasteiger charge is 2.31. The molecule has 0 saturated carbocycles. The number of nitrogens with one attached hydrogen (secondary N) is 2. The van der Waals surface area contributed by atoms with Gasteiger partial charge in [-0.2, -0.15) is 0 Å². The summed E-state index contributed by atoms with van der Waals surface area (Å²) in [6.07, 6.45) is 4.22. The Morgan fingerprint density at radius 2 is 1.82 bits per heavy atom. The number of methoxy groups -OCH3 is 1. The molecule has 8 nitrogen and oxygen atoms in total. The van der Waals surface area contributed by atoms with Crippen molar-refractivity contribution in [3.05, 3.63) is 65.2 Å². The fourth-order valence-corrected chi connectivity index (χ4v) is 4.03. The normalized spacial score (nSPS) is 15.4. The zero-order chi connectivity index (χ0) is 23.8. The second-order valence-electron chi connectivity index (χ2n) is 7.28. The van der Waals surface area contributed by atoms with E-state index >= 15 is 0 Å². The van der Waals surface area contributed by atoms with Crippen LogP contribution in [0.2, 0.25) is 0 Å². The maximum Gasteiger partial charge on any atom is 0.308 e. The quantitative estimate of drug-likeness (QED) is 0.331. The standard InChI is InChI=1S/C24H24N2O6S/c1-15(27)32-19-9-7-17(13-20(19)31-2)8-10-22(28)25-12-11-16-3-5-18(6-4-16)14-21-23(29)26-24(30)33-21/h3-10,13,21H,11-12,14H2,1-2H3,(H,25,28)(H,26,29,30). The Hall–Kier alpha value is -3.59. The van der Waals surface area contributed by atoms with Crippen LogP contribution in [-0.2, 0) is 27.2 Å². The van der Waals surface area contributed by atoms with Gasteiger partial charge in [-0.15, -0.1) is 0 Å². The highest BCUT2D eigenvalue weighted by Crippen LogP contribution is 2.28. The van der Waals surface area contributed by atoms with Gasteiger partial charge in [-0.25, -0.2) is 0 Å². The number of amides is 3. The lowest BCUT2D eigenvalue weighted by molar-refractivity contribution is -0.132. The summed E-state index contributed by atoms with van der Waals surface area (Å²) < 4.78 is 10.3. The largest absolute Gasteiger partial charge is 0.493 e. The van der Waals surface area contributed by atoms with Crippen LogP contribution in [0.3, 0.4) is 0 Å². The second kappa shape index (κ2) is 11.3. The molecular weight excluding hydrogens is 444 g/mol. The molecule has 2 aromatic rings. The molecule has 0 aliphatic carbocycles. The second-order valence-corrected chi connectivity index (χ2v) is 8.46. The number of imide groups is 1. The van der Waals surface area contributed by atoms with E-state index in [0.29, 0.717) is 30.9 Å². The van der Waals surface area contributed by atoms with Crippen LogP contribution in [0.4, 0.5) is 4.79 Å². The van der Waals surface area contributed by atoms with E-state index in [0.717, 1.165) is 28.5 Å². The van der Waals surface area contributed by atoms with Crippen LogP contribution in [-0.4, -0.2) is 41.9 Å². The van der Waals surface area contributed by atoms with E-state index in [4.69, 9.17) is 9.47 Å². The van der Waals surface area contributed by atoms with Gasteiger partial charge >= 0.3 is 5.97 Å². The Bertz CT molecular complexity index is 1080. The minimum atomic E-state index is -0.442. The fourth-order valence-electron chi connectivity index (χ4n) is 3.17. The molecule has 1 unspecified atom stereocenters. The van der Waals surface area contributed by atoms with E-state index in [1.54, 1.807) is 24.3 Å². The van der Waals surface area contributed by atoms with Gasteiger partial charge < -0.3 is 14.8 Å². The van der Waals surface area contributed by atoms with Crippen LogP contribution in [0.15, 0.2) is 48.5 Å². The summed E-state index contributed by atoms with van der Waals surface area (Å²) in [7, 11) is 1.47. The molecule has 2 N–H and O–H groups in total. The molecule has 33 heavy (non-hydrogen) atoms.